The Labute approximate surface area is 76.8 Å². The van der Waals surface area contributed by atoms with Gasteiger partial charge in [-0.1, -0.05) is 24.3 Å². The maximum Gasteiger partial charge on any atom is 0.264 e. The Balaban J connectivity index is 3.04. The molecule has 3 heteroatoms. The van der Waals surface area contributed by atoms with Crippen LogP contribution in [0.2, 0.25) is 0 Å². The molecule has 0 spiro atoms. The fourth-order valence-electron chi connectivity index (χ4n) is 1.26. The predicted octanol–water partition coefficient (Wildman–Crippen LogP) is 2.90. The van der Waals surface area contributed by atoms with E-state index in [4.69, 9.17) is 0 Å². The van der Waals surface area contributed by atoms with Crippen molar-refractivity contribution in [2.45, 2.75) is 19.4 Å². The summed E-state index contributed by atoms with van der Waals surface area (Å²) >= 11 is 0. The van der Waals surface area contributed by atoms with Gasteiger partial charge in [-0.05, 0) is 19.5 Å². The molecule has 1 aromatic carbocycles. The Morgan fingerprint density at radius 3 is 2.15 bits per heavy atom. The number of rotatable bonds is 3. The molecule has 0 aliphatic rings. The first kappa shape index (κ1) is 10.1. The van der Waals surface area contributed by atoms with E-state index in [1.807, 2.05) is 6.92 Å². The molecule has 1 nitrogen and oxygen atoms in total. The zero-order valence-electron chi connectivity index (χ0n) is 7.72. The lowest BCUT2D eigenvalue weighted by molar-refractivity contribution is 0.149. The molecule has 0 radical (unpaired) electrons. The van der Waals surface area contributed by atoms with Crippen molar-refractivity contribution in [2.24, 2.45) is 0 Å². The molecule has 0 aliphatic carbocycles. The van der Waals surface area contributed by atoms with Crippen molar-refractivity contribution in [3.8, 4) is 0 Å². The summed E-state index contributed by atoms with van der Waals surface area (Å²) in [5.41, 5.74) is 0.782. The van der Waals surface area contributed by atoms with E-state index in [2.05, 4.69) is 5.32 Å². The van der Waals surface area contributed by atoms with E-state index in [0.717, 1.165) is 0 Å². The molecule has 72 valence electrons. The van der Waals surface area contributed by atoms with Crippen LogP contribution >= 0.6 is 0 Å². The van der Waals surface area contributed by atoms with Gasteiger partial charge in [-0.15, -0.1) is 0 Å². The molecule has 1 rings (SSSR count). The van der Waals surface area contributed by atoms with E-state index < -0.39 is 6.43 Å². The highest BCUT2D eigenvalue weighted by Gasteiger charge is 2.14. The molecule has 1 aromatic rings. The first-order chi connectivity index (χ1) is 6.16. The summed E-state index contributed by atoms with van der Waals surface area (Å²) in [6.45, 7) is 1.86. The summed E-state index contributed by atoms with van der Waals surface area (Å²) in [5, 5.41) is 2.94. The molecule has 1 N–H and O–H groups in total. The van der Waals surface area contributed by atoms with Crippen molar-refractivity contribution in [2.75, 3.05) is 7.05 Å². The summed E-state index contributed by atoms with van der Waals surface area (Å²) in [6, 6.07) is 6.56. The van der Waals surface area contributed by atoms with Crippen LogP contribution in [0.15, 0.2) is 24.3 Å². The van der Waals surface area contributed by atoms with Crippen LogP contribution in [0, 0.1) is 0 Å². The number of nitrogens with one attached hydrogen (secondary N) is 1. The van der Waals surface area contributed by atoms with Crippen molar-refractivity contribution in [1.82, 2.24) is 5.32 Å². The Morgan fingerprint density at radius 2 is 1.69 bits per heavy atom. The molecule has 0 bridgehead atoms. The Hall–Kier alpha value is -0.960. The molecule has 0 amide bonds. The number of halogens is 2. The van der Waals surface area contributed by atoms with Crippen LogP contribution in [0.5, 0.6) is 0 Å². The second-order valence-corrected chi connectivity index (χ2v) is 2.94. The van der Waals surface area contributed by atoms with E-state index in [0.29, 0.717) is 5.56 Å². The summed E-state index contributed by atoms with van der Waals surface area (Å²) in [4.78, 5) is 0. The van der Waals surface area contributed by atoms with Crippen molar-refractivity contribution in [3.05, 3.63) is 35.4 Å². The van der Waals surface area contributed by atoms with E-state index in [9.17, 15) is 8.78 Å². The van der Waals surface area contributed by atoms with Gasteiger partial charge in [-0.25, -0.2) is 8.78 Å². The fraction of sp³-hybridized carbons (Fsp3) is 0.400. The third kappa shape index (κ3) is 2.25. The smallest absolute Gasteiger partial charge is 0.264 e. The lowest BCUT2D eigenvalue weighted by atomic mass is 10.0. The zero-order valence-corrected chi connectivity index (χ0v) is 7.72. The average molecular weight is 185 g/mol. The first-order valence-corrected chi connectivity index (χ1v) is 4.21. The normalized spacial score (nSPS) is 13.3. The summed E-state index contributed by atoms with van der Waals surface area (Å²) in [5.74, 6) is 0. The molecule has 1 atom stereocenters. The molecule has 0 fully saturated rings. The Bertz CT molecular complexity index is 273. The van der Waals surface area contributed by atoms with Crippen LogP contribution in [-0.4, -0.2) is 7.05 Å². The summed E-state index contributed by atoms with van der Waals surface area (Å²) < 4.78 is 25.0. The molecule has 0 aliphatic heterocycles. The van der Waals surface area contributed by atoms with Crippen molar-refractivity contribution >= 4 is 0 Å². The van der Waals surface area contributed by atoms with Crippen LogP contribution in [0.3, 0.4) is 0 Å². The molecule has 0 saturated heterocycles. The number of hydrogen-bond donors (Lipinski definition) is 1. The van der Waals surface area contributed by atoms with E-state index in [-0.39, 0.29) is 11.6 Å². The highest BCUT2D eigenvalue weighted by atomic mass is 19.3. The zero-order chi connectivity index (χ0) is 9.84. The monoisotopic (exact) mass is 185 g/mol. The van der Waals surface area contributed by atoms with Gasteiger partial charge in [0.1, 0.15) is 0 Å². The van der Waals surface area contributed by atoms with Gasteiger partial charge in [0.15, 0.2) is 0 Å². The molecule has 13 heavy (non-hydrogen) atoms. The number of hydrogen-bond acceptors (Lipinski definition) is 1. The van der Waals surface area contributed by atoms with E-state index in [1.54, 1.807) is 25.2 Å². The maximum atomic E-state index is 12.5. The fourth-order valence-corrected chi connectivity index (χ4v) is 1.26. The van der Waals surface area contributed by atoms with Crippen LogP contribution in [0.25, 0.3) is 0 Å². The highest BCUT2D eigenvalue weighted by Crippen LogP contribution is 2.26. The number of benzene rings is 1. The average Bonchev–Trinajstić information content (AvgIpc) is 2.16. The second kappa shape index (κ2) is 4.33. The van der Waals surface area contributed by atoms with Gasteiger partial charge in [-0.3, -0.25) is 0 Å². The third-order valence-electron chi connectivity index (χ3n) is 2.13. The van der Waals surface area contributed by atoms with Crippen LogP contribution in [0.1, 0.15) is 30.5 Å². The molecule has 0 aromatic heterocycles. The minimum atomic E-state index is -2.40. The Morgan fingerprint density at radius 1 is 1.15 bits per heavy atom. The van der Waals surface area contributed by atoms with Crippen molar-refractivity contribution in [1.29, 1.82) is 0 Å². The lowest BCUT2D eigenvalue weighted by Crippen LogP contribution is -2.14. The molecular weight excluding hydrogens is 172 g/mol. The van der Waals surface area contributed by atoms with E-state index in [1.165, 1.54) is 6.07 Å². The molecular formula is C10H13F2N. The van der Waals surface area contributed by atoms with Gasteiger partial charge in [0, 0.05) is 11.6 Å². The van der Waals surface area contributed by atoms with Gasteiger partial charge in [0.25, 0.3) is 6.43 Å². The molecule has 0 heterocycles. The summed E-state index contributed by atoms with van der Waals surface area (Å²) in [6.07, 6.45) is -2.40. The minimum Gasteiger partial charge on any atom is -0.313 e. The van der Waals surface area contributed by atoms with Crippen LogP contribution in [-0.2, 0) is 0 Å². The SMILES string of the molecule is CNC(C)c1ccccc1C(F)F. The first-order valence-electron chi connectivity index (χ1n) is 4.21. The maximum absolute atomic E-state index is 12.5. The summed E-state index contributed by atoms with van der Waals surface area (Å²) in [7, 11) is 1.76. The predicted molar refractivity (Wildman–Crippen MR) is 48.9 cm³/mol. The Kier molecular flexibility index (Phi) is 3.37. The van der Waals surface area contributed by atoms with Gasteiger partial charge in [0.05, 0.1) is 0 Å². The van der Waals surface area contributed by atoms with Crippen LogP contribution < -0.4 is 5.32 Å². The van der Waals surface area contributed by atoms with Crippen LogP contribution in [0.4, 0.5) is 8.78 Å². The highest BCUT2D eigenvalue weighted by molar-refractivity contribution is 5.30. The van der Waals surface area contributed by atoms with Crippen molar-refractivity contribution < 1.29 is 8.78 Å². The standard InChI is InChI=1S/C10H13F2N/c1-7(13-2)8-5-3-4-6-9(8)10(11)12/h3-7,10,13H,1-2H3. The topological polar surface area (TPSA) is 12.0 Å². The van der Waals surface area contributed by atoms with Gasteiger partial charge >= 0.3 is 0 Å². The van der Waals surface area contributed by atoms with Gasteiger partial charge in [-0.2, -0.15) is 0 Å². The quantitative estimate of drug-likeness (QED) is 0.763. The second-order valence-electron chi connectivity index (χ2n) is 2.94. The number of alkyl halides is 2. The molecule has 1 unspecified atom stereocenters. The minimum absolute atomic E-state index is 0.0369. The van der Waals surface area contributed by atoms with Crippen molar-refractivity contribution in [3.63, 3.8) is 0 Å². The lowest BCUT2D eigenvalue weighted by Gasteiger charge is -2.14. The van der Waals surface area contributed by atoms with Gasteiger partial charge < -0.3 is 5.32 Å². The third-order valence-corrected chi connectivity index (χ3v) is 2.13. The molecule has 0 saturated carbocycles. The largest absolute Gasteiger partial charge is 0.313 e. The van der Waals surface area contributed by atoms with Gasteiger partial charge in [0.2, 0.25) is 0 Å². The van der Waals surface area contributed by atoms with E-state index >= 15 is 0 Å².